The number of nitrogens with one attached hydrogen (secondary N) is 2. The topological polar surface area (TPSA) is 94.3 Å². The van der Waals surface area contributed by atoms with Crippen molar-refractivity contribution < 1.29 is 9.47 Å². The number of nitrogens with two attached hydrogens (primary N) is 1. The summed E-state index contributed by atoms with van der Waals surface area (Å²) in [6, 6.07) is 1.74. The second kappa shape index (κ2) is 9.48. The van der Waals surface area contributed by atoms with E-state index in [0.29, 0.717) is 37.2 Å². The summed E-state index contributed by atoms with van der Waals surface area (Å²) < 4.78 is 10.5. The third-order valence-corrected chi connectivity index (χ3v) is 2.39. The van der Waals surface area contributed by atoms with Crippen LogP contribution in [0.3, 0.4) is 0 Å². The van der Waals surface area contributed by atoms with Crippen LogP contribution in [0.15, 0.2) is 6.07 Å². The van der Waals surface area contributed by atoms with Crippen LogP contribution >= 0.6 is 0 Å². The van der Waals surface area contributed by atoms with E-state index in [-0.39, 0.29) is 0 Å². The predicted molar refractivity (Wildman–Crippen MR) is 74.8 cm³/mol. The van der Waals surface area contributed by atoms with Gasteiger partial charge in [-0.15, -0.1) is 0 Å². The van der Waals surface area contributed by atoms with Crippen LogP contribution in [0.25, 0.3) is 0 Å². The Hall–Kier alpha value is -1.44. The second-order valence-corrected chi connectivity index (χ2v) is 4.02. The monoisotopic (exact) mass is 269 g/mol. The predicted octanol–water partition coefficient (Wildman–Crippen LogP) is 1.14. The average molecular weight is 269 g/mol. The highest BCUT2D eigenvalue weighted by atomic mass is 16.5. The lowest BCUT2D eigenvalue weighted by molar-refractivity contribution is 0.141. The quantitative estimate of drug-likeness (QED) is 0.333. The van der Waals surface area contributed by atoms with Gasteiger partial charge in [-0.1, -0.05) is 13.3 Å². The highest BCUT2D eigenvalue weighted by molar-refractivity contribution is 5.46. The van der Waals surface area contributed by atoms with Gasteiger partial charge in [-0.25, -0.2) is 15.8 Å². The number of anilines is 2. The van der Waals surface area contributed by atoms with Crippen LogP contribution in [-0.4, -0.2) is 36.8 Å². The number of rotatable bonds is 10. The van der Waals surface area contributed by atoms with E-state index in [1.54, 1.807) is 13.2 Å². The Balaban J connectivity index is 2.41. The fraction of sp³-hybridized carbons (Fsp3) is 0.667. The summed E-state index contributed by atoms with van der Waals surface area (Å²) in [6.07, 6.45) is 2.23. The maximum atomic E-state index is 5.46. The Kier molecular flexibility index (Phi) is 7.80. The summed E-state index contributed by atoms with van der Waals surface area (Å²) in [7, 11) is 1.60. The molecule has 4 N–H and O–H groups in total. The molecule has 0 saturated heterocycles. The SMILES string of the molecule is CCCCOCCNc1cc(NN)nc(COC)n1. The van der Waals surface area contributed by atoms with E-state index >= 15 is 0 Å². The van der Waals surface area contributed by atoms with Gasteiger partial charge in [0.1, 0.15) is 18.2 Å². The van der Waals surface area contributed by atoms with Crippen LogP contribution in [0.2, 0.25) is 0 Å². The van der Waals surface area contributed by atoms with Crippen molar-refractivity contribution in [1.82, 2.24) is 9.97 Å². The molecule has 0 aromatic carbocycles. The van der Waals surface area contributed by atoms with Crippen LogP contribution in [0, 0.1) is 0 Å². The number of aromatic nitrogens is 2. The third-order valence-electron chi connectivity index (χ3n) is 2.39. The maximum absolute atomic E-state index is 5.46. The zero-order valence-electron chi connectivity index (χ0n) is 11.6. The van der Waals surface area contributed by atoms with Gasteiger partial charge in [0.05, 0.1) is 6.61 Å². The summed E-state index contributed by atoms with van der Waals surface area (Å²) in [6.45, 7) is 4.62. The average Bonchev–Trinajstić information content (AvgIpc) is 2.43. The molecule has 0 spiro atoms. The fourth-order valence-electron chi connectivity index (χ4n) is 1.46. The van der Waals surface area contributed by atoms with E-state index in [1.165, 1.54) is 0 Å². The third kappa shape index (κ3) is 6.32. The molecule has 1 rings (SSSR count). The lowest BCUT2D eigenvalue weighted by Crippen LogP contribution is -2.15. The van der Waals surface area contributed by atoms with Crippen LogP contribution in [0.1, 0.15) is 25.6 Å². The number of hydrogen-bond donors (Lipinski definition) is 3. The summed E-state index contributed by atoms with van der Waals surface area (Å²) in [4.78, 5) is 8.47. The van der Waals surface area contributed by atoms with Gasteiger partial charge in [-0.3, -0.25) is 0 Å². The van der Waals surface area contributed by atoms with E-state index in [9.17, 15) is 0 Å². The van der Waals surface area contributed by atoms with Gasteiger partial charge in [0.25, 0.3) is 0 Å². The summed E-state index contributed by atoms with van der Waals surface area (Å²) >= 11 is 0. The lowest BCUT2D eigenvalue weighted by atomic mass is 10.4. The molecule has 1 aromatic heterocycles. The number of hydrazine groups is 1. The highest BCUT2D eigenvalue weighted by Gasteiger charge is 2.03. The van der Waals surface area contributed by atoms with E-state index in [2.05, 4.69) is 27.6 Å². The van der Waals surface area contributed by atoms with E-state index in [4.69, 9.17) is 15.3 Å². The molecule has 7 nitrogen and oxygen atoms in total. The first-order valence-corrected chi connectivity index (χ1v) is 6.45. The van der Waals surface area contributed by atoms with E-state index < -0.39 is 0 Å². The Morgan fingerprint density at radius 2 is 2.05 bits per heavy atom. The molecule has 0 amide bonds. The first-order chi connectivity index (χ1) is 9.30. The molecule has 7 heteroatoms. The standard InChI is InChI=1S/C12H23N5O2/c1-3-4-6-19-7-5-14-10-8-11(17-13)16-12(15-10)9-18-2/h8H,3-7,9,13H2,1-2H3,(H2,14,15,16,17). The largest absolute Gasteiger partial charge is 0.380 e. The molecule has 0 aliphatic rings. The van der Waals surface area contributed by atoms with Gasteiger partial charge in [0.2, 0.25) is 0 Å². The maximum Gasteiger partial charge on any atom is 0.158 e. The van der Waals surface area contributed by atoms with Crippen molar-refractivity contribution >= 4 is 11.6 Å². The molecule has 0 bridgehead atoms. The molecular weight excluding hydrogens is 246 g/mol. The first kappa shape index (κ1) is 15.6. The Morgan fingerprint density at radius 3 is 2.74 bits per heavy atom. The van der Waals surface area contributed by atoms with Gasteiger partial charge in [-0.05, 0) is 6.42 Å². The number of nitrogens with zero attached hydrogens (tertiary/aromatic N) is 2. The summed E-state index contributed by atoms with van der Waals surface area (Å²) in [5.41, 5.74) is 2.51. The molecule has 0 saturated carbocycles. The Labute approximate surface area is 113 Å². The van der Waals surface area contributed by atoms with Crippen molar-refractivity contribution in [3.63, 3.8) is 0 Å². The molecule has 0 fully saturated rings. The minimum absolute atomic E-state index is 0.344. The molecule has 19 heavy (non-hydrogen) atoms. The molecule has 0 unspecified atom stereocenters. The Bertz CT molecular complexity index is 362. The molecule has 0 atom stereocenters. The van der Waals surface area contributed by atoms with Crippen molar-refractivity contribution in [3.05, 3.63) is 11.9 Å². The molecule has 1 aromatic rings. The smallest absolute Gasteiger partial charge is 0.158 e. The Morgan fingerprint density at radius 1 is 1.26 bits per heavy atom. The van der Waals surface area contributed by atoms with Gasteiger partial charge in [0, 0.05) is 26.3 Å². The first-order valence-electron chi connectivity index (χ1n) is 6.45. The number of unbranched alkanes of at least 4 members (excludes halogenated alkanes) is 1. The molecular formula is C12H23N5O2. The van der Waals surface area contributed by atoms with Crippen LogP contribution in [-0.2, 0) is 16.1 Å². The van der Waals surface area contributed by atoms with E-state index in [1.807, 2.05) is 0 Å². The molecule has 0 aliphatic heterocycles. The minimum Gasteiger partial charge on any atom is -0.380 e. The van der Waals surface area contributed by atoms with Gasteiger partial charge in [-0.2, -0.15) is 0 Å². The normalized spacial score (nSPS) is 10.5. The zero-order chi connectivity index (χ0) is 13.9. The van der Waals surface area contributed by atoms with Gasteiger partial charge >= 0.3 is 0 Å². The van der Waals surface area contributed by atoms with Gasteiger partial charge in [0.15, 0.2) is 5.82 Å². The fourth-order valence-corrected chi connectivity index (χ4v) is 1.46. The zero-order valence-corrected chi connectivity index (χ0v) is 11.6. The van der Waals surface area contributed by atoms with Crippen LogP contribution in [0.4, 0.5) is 11.6 Å². The van der Waals surface area contributed by atoms with Crippen LogP contribution < -0.4 is 16.6 Å². The molecule has 1 heterocycles. The minimum atomic E-state index is 0.344. The number of ether oxygens (including phenoxy) is 2. The molecule has 108 valence electrons. The van der Waals surface area contributed by atoms with Gasteiger partial charge < -0.3 is 20.2 Å². The number of nitrogen functional groups attached to an aromatic ring is 1. The van der Waals surface area contributed by atoms with Crippen molar-refractivity contribution in [2.45, 2.75) is 26.4 Å². The summed E-state index contributed by atoms with van der Waals surface area (Å²) in [5.74, 6) is 7.19. The summed E-state index contributed by atoms with van der Waals surface area (Å²) in [5, 5.41) is 3.17. The second-order valence-electron chi connectivity index (χ2n) is 4.02. The lowest BCUT2D eigenvalue weighted by Gasteiger charge is -2.09. The van der Waals surface area contributed by atoms with Crippen molar-refractivity contribution in [2.24, 2.45) is 5.84 Å². The number of hydrogen-bond acceptors (Lipinski definition) is 7. The van der Waals surface area contributed by atoms with E-state index in [0.717, 1.165) is 19.4 Å². The molecule has 0 aliphatic carbocycles. The van der Waals surface area contributed by atoms with Crippen molar-refractivity contribution in [1.29, 1.82) is 0 Å². The molecule has 0 radical (unpaired) electrons. The van der Waals surface area contributed by atoms with Crippen LogP contribution in [0.5, 0.6) is 0 Å². The highest BCUT2D eigenvalue weighted by Crippen LogP contribution is 2.10. The number of methoxy groups -OCH3 is 1. The van der Waals surface area contributed by atoms with Crippen molar-refractivity contribution in [2.75, 3.05) is 37.6 Å². The van der Waals surface area contributed by atoms with Crippen molar-refractivity contribution in [3.8, 4) is 0 Å².